The van der Waals surface area contributed by atoms with Crippen LogP contribution in [0.2, 0.25) is 0 Å². The zero-order valence-corrected chi connectivity index (χ0v) is 12.6. The monoisotopic (exact) mass is 296 g/mol. The van der Waals surface area contributed by atoms with Gasteiger partial charge in [0.15, 0.2) is 0 Å². The van der Waals surface area contributed by atoms with Gasteiger partial charge in [-0.15, -0.1) is 11.6 Å². The average Bonchev–Trinajstić information content (AvgIpc) is 2.64. The van der Waals surface area contributed by atoms with Crippen molar-refractivity contribution >= 4 is 17.5 Å². The number of benzene rings is 1. The maximum absolute atomic E-state index is 12.5. The predicted molar refractivity (Wildman–Crippen MR) is 80.5 cm³/mol. The number of aromatic hydroxyl groups is 1. The second-order valence-corrected chi connectivity index (χ2v) is 5.57. The van der Waals surface area contributed by atoms with Crippen LogP contribution >= 0.6 is 11.6 Å². The molecule has 4 nitrogen and oxygen atoms in total. The summed E-state index contributed by atoms with van der Waals surface area (Å²) >= 11 is 5.76. The van der Waals surface area contributed by atoms with Gasteiger partial charge in [0.05, 0.1) is 5.56 Å². The lowest BCUT2D eigenvalue weighted by Gasteiger charge is -2.22. The van der Waals surface area contributed by atoms with Crippen LogP contribution in [0.3, 0.4) is 0 Å². The molecule has 0 atom stereocenters. The highest BCUT2D eigenvalue weighted by Crippen LogP contribution is 2.21. The van der Waals surface area contributed by atoms with Crippen molar-refractivity contribution in [1.82, 2.24) is 9.80 Å². The number of amides is 1. The zero-order chi connectivity index (χ0) is 14.5. The molecule has 20 heavy (non-hydrogen) atoms. The van der Waals surface area contributed by atoms with E-state index in [0.717, 1.165) is 38.2 Å². The molecule has 0 saturated carbocycles. The van der Waals surface area contributed by atoms with Crippen molar-refractivity contribution < 1.29 is 9.90 Å². The number of hydrogen-bond acceptors (Lipinski definition) is 3. The third-order valence-corrected chi connectivity index (χ3v) is 3.83. The summed E-state index contributed by atoms with van der Waals surface area (Å²) in [6, 6.07) is 5.18. The van der Waals surface area contributed by atoms with Crippen LogP contribution in [0.4, 0.5) is 0 Å². The van der Waals surface area contributed by atoms with Crippen molar-refractivity contribution in [3.8, 4) is 5.75 Å². The van der Waals surface area contributed by atoms with Gasteiger partial charge in [0.1, 0.15) is 5.75 Å². The first-order valence-electron chi connectivity index (χ1n) is 6.99. The first-order valence-corrected chi connectivity index (χ1v) is 7.52. The summed E-state index contributed by atoms with van der Waals surface area (Å²) in [7, 11) is 0. The zero-order valence-electron chi connectivity index (χ0n) is 11.8. The second-order valence-electron chi connectivity index (χ2n) is 5.20. The Hall–Kier alpha value is -1.26. The number of alkyl halides is 1. The molecule has 0 spiro atoms. The standard InChI is InChI=1S/C15H21ClN2O2/c1-12-3-4-13(14(19)11-12)15(20)18-7-2-6-17(8-5-16)9-10-18/h3-4,11,19H,2,5-10H2,1H3. The maximum atomic E-state index is 12.5. The van der Waals surface area contributed by atoms with E-state index in [2.05, 4.69) is 4.90 Å². The van der Waals surface area contributed by atoms with Crippen molar-refractivity contribution in [3.05, 3.63) is 29.3 Å². The quantitative estimate of drug-likeness (QED) is 0.869. The fourth-order valence-electron chi connectivity index (χ4n) is 2.51. The van der Waals surface area contributed by atoms with Gasteiger partial charge in [0, 0.05) is 32.1 Å². The summed E-state index contributed by atoms with van der Waals surface area (Å²) in [5.74, 6) is 0.597. The van der Waals surface area contributed by atoms with Gasteiger partial charge in [0.25, 0.3) is 5.91 Å². The molecule has 1 aromatic rings. The Bertz CT molecular complexity index is 479. The van der Waals surface area contributed by atoms with E-state index < -0.39 is 0 Å². The van der Waals surface area contributed by atoms with Gasteiger partial charge in [-0.05, 0) is 37.6 Å². The van der Waals surface area contributed by atoms with Gasteiger partial charge in [-0.2, -0.15) is 0 Å². The molecule has 1 N–H and O–H groups in total. The van der Waals surface area contributed by atoms with Crippen LogP contribution in [0.5, 0.6) is 5.75 Å². The average molecular weight is 297 g/mol. The molecule has 1 aliphatic rings. The van der Waals surface area contributed by atoms with E-state index in [0.29, 0.717) is 18.0 Å². The van der Waals surface area contributed by atoms with Crippen molar-refractivity contribution in [2.45, 2.75) is 13.3 Å². The van der Waals surface area contributed by atoms with Crippen molar-refractivity contribution in [2.75, 3.05) is 38.6 Å². The molecule has 1 saturated heterocycles. The fourth-order valence-corrected chi connectivity index (χ4v) is 2.75. The normalized spacial score (nSPS) is 17.0. The molecule has 0 bridgehead atoms. The van der Waals surface area contributed by atoms with Crippen LogP contribution in [0.25, 0.3) is 0 Å². The number of carbonyl (C=O) groups is 1. The number of phenols is 1. The van der Waals surface area contributed by atoms with E-state index in [-0.39, 0.29) is 11.7 Å². The van der Waals surface area contributed by atoms with E-state index >= 15 is 0 Å². The Morgan fingerprint density at radius 1 is 1.30 bits per heavy atom. The summed E-state index contributed by atoms with van der Waals surface area (Å²) in [6.45, 7) is 5.97. The Morgan fingerprint density at radius 3 is 2.80 bits per heavy atom. The molecular weight excluding hydrogens is 276 g/mol. The third kappa shape index (κ3) is 3.64. The molecule has 2 rings (SSSR count). The SMILES string of the molecule is Cc1ccc(C(=O)N2CCCN(CCCl)CC2)c(O)c1. The van der Waals surface area contributed by atoms with Crippen molar-refractivity contribution in [3.63, 3.8) is 0 Å². The van der Waals surface area contributed by atoms with E-state index in [9.17, 15) is 9.90 Å². The lowest BCUT2D eigenvalue weighted by Crippen LogP contribution is -2.35. The number of halogens is 1. The number of nitrogens with zero attached hydrogens (tertiary/aromatic N) is 2. The summed E-state index contributed by atoms with van der Waals surface area (Å²) in [4.78, 5) is 16.6. The second kappa shape index (κ2) is 6.95. The molecule has 0 aliphatic carbocycles. The van der Waals surface area contributed by atoms with Crippen LogP contribution in [-0.4, -0.2) is 59.4 Å². The molecule has 1 heterocycles. The third-order valence-electron chi connectivity index (χ3n) is 3.66. The maximum Gasteiger partial charge on any atom is 0.257 e. The lowest BCUT2D eigenvalue weighted by molar-refractivity contribution is 0.0759. The highest BCUT2D eigenvalue weighted by Gasteiger charge is 2.21. The largest absolute Gasteiger partial charge is 0.507 e. The van der Waals surface area contributed by atoms with Crippen LogP contribution in [0, 0.1) is 6.92 Å². The molecular formula is C15H21ClN2O2. The molecule has 1 aliphatic heterocycles. The van der Waals surface area contributed by atoms with Crippen molar-refractivity contribution in [2.24, 2.45) is 0 Å². The topological polar surface area (TPSA) is 43.8 Å². The molecule has 1 amide bonds. The first kappa shape index (κ1) is 15.1. The number of carbonyl (C=O) groups excluding carboxylic acids is 1. The molecule has 1 fully saturated rings. The van der Waals surface area contributed by atoms with Gasteiger partial charge in [-0.3, -0.25) is 4.79 Å². The summed E-state index contributed by atoms with van der Waals surface area (Å²) < 4.78 is 0. The Kier molecular flexibility index (Phi) is 5.26. The number of rotatable bonds is 3. The minimum absolute atomic E-state index is 0.0665. The van der Waals surface area contributed by atoms with Gasteiger partial charge in [-0.1, -0.05) is 6.07 Å². The predicted octanol–water partition coefficient (Wildman–Crippen LogP) is 2.09. The minimum Gasteiger partial charge on any atom is -0.507 e. The van der Waals surface area contributed by atoms with Crippen LogP contribution in [-0.2, 0) is 0 Å². The summed E-state index contributed by atoms with van der Waals surface area (Å²) in [5, 5.41) is 9.92. The van der Waals surface area contributed by atoms with Crippen LogP contribution in [0.15, 0.2) is 18.2 Å². The summed E-state index contributed by atoms with van der Waals surface area (Å²) in [5.41, 5.74) is 1.34. The summed E-state index contributed by atoms with van der Waals surface area (Å²) in [6.07, 6.45) is 0.940. The molecule has 5 heteroatoms. The van der Waals surface area contributed by atoms with Crippen LogP contribution in [0.1, 0.15) is 22.3 Å². The van der Waals surface area contributed by atoms with E-state index in [1.807, 2.05) is 17.9 Å². The Balaban J connectivity index is 2.05. The Morgan fingerprint density at radius 2 is 2.10 bits per heavy atom. The fraction of sp³-hybridized carbons (Fsp3) is 0.533. The number of hydrogen-bond donors (Lipinski definition) is 1. The van der Waals surface area contributed by atoms with Gasteiger partial charge in [-0.25, -0.2) is 0 Å². The molecule has 110 valence electrons. The van der Waals surface area contributed by atoms with Crippen LogP contribution < -0.4 is 0 Å². The molecule has 1 aromatic carbocycles. The highest BCUT2D eigenvalue weighted by atomic mass is 35.5. The molecule has 0 radical (unpaired) electrons. The minimum atomic E-state index is -0.0878. The lowest BCUT2D eigenvalue weighted by atomic mass is 10.1. The smallest absolute Gasteiger partial charge is 0.257 e. The van der Waals surface area contributed by atoms with E-state index in [1.54, 1.807) is 12.1 Å². The van der Waals surface area contributed by atoms with E-state index in [4.69, 9.17) is 11.6 Å². The van der Waals surface area contributed by atoms with Gasteiger partial charge in [0.2, 0.25) is 0 Å². The molecule has 0 aromatic heterocycles. The number of aryl methyl sites for hydroxylation is 1. The highest BCUT2D eigenvalue weighted by molar-refractivity contribution is 6.18. The van der Waals surface area contributed by atoms with Gasteiger partial charge >= 0.3 is 0 Å². The number of phenolic OH excluding ortho intramolecular Hbond substituents is 1. The van der Waals surface area contributed by atoms with Gasteiger partial charge < -0.3 is 14.9 Å². The Labute approximate surface area is 124 Å². The van der Waals surface area contributed by atoms with E-state index in [1.165, 1.54) is 0 Å². The van der Waals surface area contributed by atoms with Crippen molar-refractivity contribution in [1.29, 1.82) is 0 Å². The first-order chi connectivity index (χ1) is 9.61. The molecule has 0 unspecified atom stereocenters.